The summed E-state index contributed by atoms with van der Waals surface area (Å²) in [6.07, 6.45) is 3.07. The summed E-state index contributed by atoms with van der Waals surface area (Å²) >= 11 is 4.21. The summed E-state index contributed by atoms with van der Waals surface area (Å²) in [4.78, 5) is 11.5. The molecule has 76 valence electrons. The fourth-order valence-electron chi connectivity index (χ4n) is 1.58. The molecule has 0 unspecified atom stereocenters. The highest BCUT2D eigenvalue weighted by molar-refractivity contribution is 7.79. The first kappa shape index (κ1) is 10.1. The van der Waals surface area contributed by atoms with E-state index in [9.17, 15) is 4.79 Å². The van der Waals surface area contributed by atoms with Crippen LogP contribution >= 0.6 is 12.6 Å². The van der Waals surface area contributed by atoms with E-state index >= 15 is 0 Å². The third-order valence-corrected chi connectivity index (χ3v) is 2.71. The Hall–Kier alpha value is -1.48. The van der Waals surface area contributed by atoms with Gasteiger partial charge in [0.15, 0.2) is 0 Å². The van der Waals surface area contributed by atoms with Crippen LogP contribution in [-0.2, 0) is 5.75 Å². The number of aromatic nitrogens is 1. The highest BCUT2D eigenvalue weighted by Crippen LogP contribution is 2.18. The van der Waals surface area contributed by atoms with E-state index < -0.39 is 0 Å². The number of hydrogen-bond donors (Lipinski definition) is 1. The maximum Gasteiger partial charge on any atom is 0.254 e. The van der Waals surface area contributed by atoms with Crippen molar-refractivity contribution in [2.75, 3.05) is 0 Å². The van der Waals surface area contributed by atoms with E-state index in [1.54, 1.807) is 10.8 Å². The molecule has 0 amide bonds. The standard InChI is InChI=1S/C12H11NOS/c1-2-12(14)13-6-5-10-7-9(8-15)3-4-11(10)13/h2-7,15H,1,8H2. The number of hydrogen-bond acceptors (Lipinski definition) is 2. The van der Waals surface area contributed by atoms with E-state index in [1.807, 2.05) is 24.3 Å². The van der Waals surface area contributed by atoms with E-state index in [4.69, 9.17) is 0 Å². The van der Waals surface area contributed by atoms with Gasteiger partial charge in [-0.2, -0.15) is 12.6 Å². The molecular formula is C12H11NOS. The van der Waals surface area contributed by atoms with Gasteiger partial charge in [-0.1, -0.05) is 12.6 Å². The molecule has 0 saturated carbocycles. The average Bonchev–Trinajstić information content (AvgIpc) is 2.70. The summed E-state index contributed by atoms with van der Waals surface area (Å²) in [6, 6.07) is 7.86. The molecule has 1 aromatic heterocycles. The van der Waals surface area contributed by atoms with Gasteiger partial charge in [-0.25, -0.2) is 0 Å². The van der Waals surface area contributed by atoms with Crippen molar-refractivity contribution < 1.29 is 4.79 Å². The van der Waals surface area contributed by atoms with E-state index in [1.165, 1.54) is 6.08 Å². The molecule has 0 bridgehead atoms. The van der Waals surface area contributed by atoms with Crippen molar-refractivity contribution in [2.45, 2.75) is 5.75 Å². The minimum atomic E-state index is -0.108. The maximum atomic E-state index is 11.5. The van der Waals surface area contributed by atoms with Gasteiger partial charge in [-0.15, -0.1) is 0 Å². The molecular weight excluding hydrogens is 206 g/mol. The van der Waals surface area contributed by atoms with Gasteiger partial charge < -0.3 is 0 Å². The Morgan fingerprint density at radius 1 is 1.47 bits per heavy atom. The van der Waals surface area contributed by atoms with Crippen molar-refractivity contribution in [3.63, 3.8) is 0 Å². The first-order chi connectivity index (χ1) is 7.26. The van der Waals surface area contributed by atoms with Crippen LogP contribution in [-0.4, -0.2) is 10.5 Å². The van der Waals surface area contributed by atoms with Crippen molar-refractivity contribution in [1.29, 1.82) is 0 Å². The van der Waals surface area contributed by atoms with Gasteiger partial charge in [-0.05, 0) is 29.8 Å². The van der Waals surface area contributed by atoms with Gasteiger partial charge in [0.1, 0.15) is 0 Å². The monoisotopic (exact) mass is 217 g/mol. The second kappa shape index (κ2) is 3.95. The number of fused-ring (bicyclic) bond motifs is 1. The summed E-state index contributed by atoms with van der Waals surface area (Å²) < 4.78 is 1.59. The van der Waals surface area contributed by atoms with Crippen LogP contribution in [0.4, 0.5) is 0 Å². The Kier molecular flexibility index (Phi) is 2.64. The lowest BCUT2D eigenvalue weighted by Crippen LogP contribution is -2.04. The van der Waals surface area contributed by atoms with Gasteiger partial charge >= 0.3 is 0 Å². The predicted octanol–water partition coefficient (Wildman–Crippen LogP) is 2.90. The molecule has 0 saturated heterocycles. The maximum absolute atomic E-state index is 11.5. The topological polar surface area (TPSA) is 22.0 Å². The number of allylic oxidation sites excluding steroid dienone is 1. The number of thiol groups is 1. The molecule has 0 aliphatic rings. The second-order valence-electron chi connectivity index (χ2n) is 3.28. The van der Waals surface area contributed by atoms with Crippen molar-refractivity contribution in [3.05, 3.63) is 48.7 Å². The SMILES string of the molecule is C=CC(=O)n1ccc2cc(CS)ccc21. The highest BCUT2D eigenvalue weighted by atomic mass is 32.1. The van der Waals surface area contributed by atoms with Gasteiger partial charge in [0, 0.05) is 17.3 Å². The Labute approximate surface area is 93.6 Å². The van der Waals surface area contributed by atoms with Crippen LogP contribution in [0.3, 0.4) is 0 Å². The molecule has 0 radical (unpaired) electrons. The zero-order valence-corrected chi connectivity index (χ0v) is 9.08. The van der Waals surface area contributed by atoms with Crippen LogP contribution in [0.1, 0.15) is 10.4 Å². The molecule has 2 rings (SSSR count). The van der Waals surface area contributed by atoms with E-state index in [0.717, 1.165) is 16.5 Å². The predicted molar refractivity (Wildman–Crippen MR) is 65.5 cm³/mol. The normalized spacial score (nSPS) is 10.5. The first-order valence-corrected chi connectivity index (χ1v) is 5.27. The Morgan fingerprint density at radius 2 is 2.27 bits per heavy atom. The number of rotatable bonds is 2. The zero-order chi connectivity index (χ0) is 10.8. The van der Waals surface area contributed by atoms with E-state index in [-0.39, 0.29) is 5.91 Å². The minimum Gasteiger partial charge on any atom is -0.284 e. The molecule has 3 heteroatoms. The van der Waals surface area contributed by atoms with E-state index in [0.29, 0.717) is 5.75 Å². The summed E-state index contributed by atoms with van der Waals surface area (Å²) in [5.41, 5.74) is 2.06. The lowest BCUT2D eigenvalue weighted by molar-refractivity contribution is 0.0974. The molecule has 0 fully saturated rings. The molecule has 2 aromatic rings. The molecule has 0 N–H and O–H groups in total. The van der Waals surface area contributed by atoms with Crippen LogP contribution < -0.4 is 0 Å². The molecule has 0 aliphatic carbocycles. The first-order valence-electron chi connectivity index (χ1n) is 4.64. The second-order valence-corrected chi connectivity index (χ2v) is 3.60. The number of carbonyl (C=O) groups is 1. The third-order valence-electron chi connectivity index (χ3n) is 2.35. The van der Waals surface area contributed by atoms with Crippen molar-refractivity contribution in [3.8, 4) is 0 Å². The van der Waals surface area contributed by atoms with Gasteiger partial charge in [-0.3, -0.25) is 9.36 Å². The molecule has 1 heterocycles. The lowest BCUT2D eigenvalue weighted by Gasteiger charge is -2.00. The largest absolute Gasteiger partial charge is 0.284 e. The Bertz CT molecular complexity index is 527. The molecule has 1 aromatic carbocycles. The van der Waals surface area contributed by atoms with Crippen molar-refractivity contribution >= 4 is 29.4 Å². The fraction of sp³-hybridized carbons (Fsp3) is 0.0833. The summed E-state index contributed by atoms with van der Waals surface area (Å²) in [6.45, 7) is 3.47. The summed E-state index contributed by atoms with van der Waals surface area (Å²) in [5.74, 6) is 0.597. The van der Waals surface area contributed by atoms with Crippen LogP contribution in [0, 0.1) is 0 Å². The Morgan fingerprint density at radius 3 is 2.93 bits per heavy atom. The highest BCUT2D eigenvalue weighted by Gasteiger charge is 2.05. The average molecular weight is 217 g/mol. The molecule has 0 atom stereocenters. The quantitative estimate of drug-likeness (QED) is 0.606. The number of nitrogens with zero attached hydrogens (tertiary/aromatic N) is 1. The smallest absolute Gasteiger partial charge is 0.254 e. The van der Waals surface area contributed by atoms with Gasteiger partial charge in [0.25, 0.3) is 5.91 Å². The van der Waals surface area contributed by atoms with Gasteiger partial charge in [0.2, 0.25) is 0 Å². The third kappa shape index (κ3) is 1.70. The van der Waals surface area contributed by atoms with Crippen LogP contribution in [0.15, 0.2) is 43.1 Å². The van der Waals surface area contributed by atoms with Crippen molar-refractivity contribution in [2.24, 2.45) is 0 Å². The molecule has 2 nitrogen and oxygen atoms in total. The van der Waals surface area contributed by atoms with Crippen LogP contribution in [0.5, 0.6) is 0 Å². The van der Waals surface area contributed by atoms with Gasteiger partial charge in [0.05, 0.1) is 5.52 Å². The molecule has 0 aliphatic heterocycles. The summed E-state index contributed by atoms with van der Waals surface area (Å²) in [5, 5.41) is 1.05. The lowest BCUT2D eigenvalue weighted by atomic mass is 10.2. The number of benzene rings is 1. The fourth-order valence-corrected chi connectivity index (χ4v) is 1.78. The van der Waals surface area contributed by atoms with Crippen molar-refractivity contribution in [1.82, 2.24) is 4.57 Å². The molecule has 0 spiro atoms. The van der Waals surface area contributed by atoms with Crippen LogP contribution in [0.25, 0.3) is 10.9 Å². The van der Waals surface area contributed by atoms with E-state index in [2.05, 4.69) is 19.2 Å². The molecule has 15 heavy (non-hydrogen) atoms. The zero-order valence-electron chi connectivity index (χ0n) is 8.18. The minimum absolute atomic E-state index is 0.108. The number of carbonyl (C=O) groups excluding carboxylic acids is 1. The summed E-state index contributed by atoms with van der Waals surface area (Å²) in [7, 11) is 0. The van der Waals surface area contributed by atoms with Crippen LogP contribution in [0.2, 0.25) is 0 Å². The Balaban J connectivity index is 2.61.